The molecule has 2 heterocycles. The number of aromatic nitrogens is 2. The third-order valence-electron chi connectivity index (χ3n) is 2.67. The molecule has 1 aliphatic heterocycles. The summed E-state index contributed by atoms with van der Waals surface area (Å²) in [5.74, 6) is 0.833. The van der Waals surface area contributed by atoms with Gasteiger partial charge in [0.25, 0.3) is 0 Å². The second kappa shape index (κ2) is 5.60. The second-order valence-electron chi connectivity index (χ2n) is 3.94. The van der Waals surface area contributed by atoms with Crippen molar-refractivity contribution in [1.29, 1.82) is 0 Å². The van der Waals surface area contributed by atoms with Gasteiger partial charge in [-0.05, 0) is 12.8 Å². The molecule has 0 bridgehead atoms. The summed E-state index contributed by atoms with van der Waals surface area (Å²) < 4.78 is 4.64. The Hall–Kier alpha value is -1.43. The van der Waals surface area contributed by atoms with Gasteiger partial charge in [0.05, 0.1) is 0 Å². The Labute approximate surface area is 93.8 Å². The van der Waals surface area contributed by atoms with Crippen LogP contribution in [0.5, 0.6) is 0 Å². The highest BCUT2D eigenvalue weighted by Crippen LogP contribution is 2.05. The van der Waals surface area contributed by atoms with Gasteiger partial charge >= 0.3 is 0 Å². The highest BCUT2D eigenvalue weighted by atomic mass is 16.5. The molecule has 1 aromatic heterocycles. The van der Waals surface area contributed by atoms with Crippen LogP contribution in [0.3, 0.4) is 0 Å². The van der Waals surface area contributed by atoms with E-state index in [2.05, 4.69) is 25.3 Å². The van der Waals surface area contributed by atoms with E-state index in [4.69, 9.17) is 0 Å². The van der Waals surface area contributed by atoms with Crippen LogP contribution in [0.15, 0.2) is 10.9 Å². The predicted molar refractivity (Wildman–Crippen MR) is 56.7 cm³/mol. The van der Waals surface area contributed by atoms with E-state index in [1.54, 1.807) is 0 Å². The van der Waals surface area contributed by atoms with Gasteiger partial charge in [0, 0.05) is 32.0 Å². The van der Waals surface area contributed by atoms with E-state index in [0.717, 1.165) is 32.4 Å². The van der Waals surface area contributed by atoms with Crippen molar-refractivity contribution < 1.29 is 9.32 Å². The first-order chi connectivity index (χ1) is 7.84. The van der Waals surface area contributed by atoms with E-state index >= 15 is 0 Å². The lowest BCUT2D eigenvalue weighted by Crippen LogP contribution is -2.33. The van der Waals surface area contributed by atoms with E-state index < -0.39 is 0 Å². The zero-order valence-electron chi connectivity index (χ0n) is 9.11. The molecule has 1 aliphatic rings. The van der Waals surface area contributed by atoms with E-state index in [9.17, 15) is 4.79 Å². The molecule has 1 amide bonds. The fourth-order valence-corrected chi connectivity index (χ4v) is 1.84. The van der Waals surface area contributed by atoms with Crippen molar-refractivity contribution in [2.75, 3.05) is 13.1 Å². The molecule has 6 nitrogen and oxygen atoms in total. The quantitative estimate of drug-likeness (QED) is 0.744. The molecular weight excluding hydrogens is 208 g/mol. The molecule has 2 rings (SSSR count). The largest absolute Gasteiger partial charge is 0.356 e. The monoisotopic (exact) mass is 224 g/mol. The lowest BCUT2D eigenvalue weighted by atomic mass is 10.1. The average molecular weight is 224 g/mol. The number of nitrogens with zero attached hydrogens (tertiary/aromatic N) is 2. The van der Waals surface area contributed by atoms with Crippen molar-refractivity contribution in [3.05, 3.63) is 12.2 Å². The summed E-state index contributed by atoms with van der Waals surface area (Å²) in [7, 11) is 0. The molecule has 0 saturated carbocycles. The lowest BCUT2D eigenvalue weighted by Gasteiger charge is -2.13. The molecule has 0 aromatic carbocycles. The van der Waals surface area contributed by atoms with Crippen molar-refractivity contribution in [1.82, 2.24) is 20.8 Å². The van der Waals surface area contributed by atoms with Crippen LogP contribution in [-0.2, 0) is 11.2 Å². The van der Waals surface area contributed by atoms with Crippen LogP contribution in [0.25, 0.3) is 0 Å². The zero-order chi connectivity index (χ0) is 11.2. The second-order valence-corrected chi connectivity index (χ2v) is 3.94. The Morgan fingerprint density at radius 3 is 3.38 bits per heavy atom. The SMILES string of the molecule is O=C1CC(NCCc2ncon2)CCCN1. The molecular formula is C10H16N4O2. The summed E-state index contributed by atoms with van der Waals surface area (Å²) in [5, 5.41) is 9.93. The maximum atomic E-state index is 11.3. The van der Waals surface area contributed by atoms with Gasteiger partial charge in [0.15, 0.2) is 5.82 Å². The highest BCUT2D eigenvalue weighted by molar-refractivity contribution is 5.76. The molecule has 16 heavy (non-hydrogen) atoms. The van der Waals surface area contributed by atoms with Gasteiger partial charge in [-0.1, -0.05) is 5.16 Å². The van der Waals surface area contributed by atoms with E-state index in [1.807, 2.05) is 0 Å². The maximum absolute atomic E-state index is 11.3. The highest BCUT2D eigenvalue weighted by Gasteiger charge is 2.16. The number of carbonyl (C=O) groups is 1. The topological polar surface area (TPSA) is 80.1 Å². The molecule has 0 radical (unpaired) electrons. The first kappa shape index (κ1) is 11.1. The summed E-state index contributed by atoms with van der Waals surface area (Å²) in [4.78, 5) is 15.2. The summed E-state index contributed by atoms with van der Waals surface area (Å²) in [6, 6.07) is 0.273. The third-order valence-corrected chi connectivity index (χ3v) is 2.67. The molecule has 1 unspecified atom stereocenters. The smallest absolute Gasteiger partial charge is 0.221 e. The van der Waals surface area contributed by atoms with E-state index in [-0.39, 0.29) is 11.9 Å². The van der Waals surface area contributed by atoms with Crippen molar-refractivity contribution >= 4 is 5.91 Å². The average Bonchev–Trinajstić information content (AvgIpc) is 2.69. The molecule has 1 aromatic rings. The third kappa shape index (κ3) is 3.30. The fourth-order valence-electron chi connectivity index (χ4n) is 1.84. The normalized spacial score (nSPS) is 21.5. The summed E-state index contributed by atoms with van der Waals surface area (Å²) in [6.07, 6.45) is 4.69. The van der Waals surface area contributed by atoms with Gasteiger partial charge < -0.3 is 15.2 Å². The first-order valence-electron chi connectivity index (χ1n) is 5.60. The standard InChI is InChI=1S/C10H16N4O2/c15-10-6-8(2-1-4-12-10)11-5-3-9-13-7-16-14-9/h7-8,11H,1-6H2,(H,12,15). The van der Waals surface area contributed by atoms with Crippen molar-refractivity contribution in [2.24, 2.45) is 0 Å². The molecule has 1 atom stereocenters. The van der Waals surface area contributed by atoms with Crippen molar-refractivity contribution in [3.8, 4) is 0 Å². The van der Waals surface area contributed by atoms with Gasteiger partial charge in [-0.3, -0.25) is 4.79 Å². The molecule has 1 saturated heterocycles. The molecule has 0 spiro atoms. The lowest BCUT2D eigenvalue weighted by molar-refractivity contribution is -0.121. The van der Waals surface area contributed by atoms with E-state index in [1.165, 1.54) is 6.39 Å². The Balaban J connectivity index is 1.70. The molecule has 1 fully saturated rings. The Morgan fingerprint density at radius 1 is 1.62 bits per heavy atom. The van der Waals surface area contributed by atoms with Crippen LogP contribution in [0.4, 0.5) is 0 Å². The number of nitrogens with one attached hydrogen (secondary N) is 2. The van der Waals surface area contributed by atoms with Gasteiger partial charge in [-0.25, -0.2) is 0 Å². The zero-order valence-corrected chi connectivity index (χ0v) is 9.11. The number of hydrogen-bond acceptors (Lipinski definition) is 5. The van der Waals surface area contributed by atoms with Crippen molar-refractivity contribution in [3.63, 3.8) is 0 Å². The number of amides is 1. The van der Waals surface area contributed by atoms with Crippen LogP contribution in [0.1, 0.15) is 25.1 Å². The van der Waals surface area contributed by atoms with Crippen molar-refractivity contribution in [2.45, 2.75) is 31.7 Å². The Morgan fingerprint density at radius 2 is 2.56 bits per heavy atom. The van der Waals surface area contributed by atoms with Gasteiger partial charge in [-0.2, -0.15) is 4.98 Å². The first-order valence-corrected chi connectivity index (χ1v) is 5.60. The van der Waals surface area contributed by atoms with Crippen LogP contribution in [0, 0.1) is 0 Å². The van der Waals surface area contributed by atoms with Crippen LogP contribution >= 0.6 is 0 Å². The summed E-state index contributed by atoms with van der Waals surface area (Å²) >= 11 is 0. The summed E-state index contributed by atoms with van der Waals surface area (Å²) in [5.41, 5.74) is 0. The Bertz CT molecular complexity index is 326. The number of rotatable bonds is 4. The van der Waals surface area contributed by atoms with Crippen LogP contribution in [0.2, 0.25) is 0 Å². The number of carbonyl (C=O) groups excluding carboxylic acids is 1. The minimum atomic E-state index is 0.134. The van der Waals surface area contributed by atoms with Gasteiger partial charge in [0.2, 0.25) is 12.3 Å². The molecule has 88 valence electrons. The van der Waals surface area contributed by atoms with Crippen LogP contribution in [-0.4, -0.2) is 35.2 Å². The predicted octanol–water partition coefficient (Wildman–Crippen LogP) is -0.130. The van der Waals surface area contributed by atoms with Gasteiger partial charge in [0.1, 0.15) is 0 Å². The van der Waals surface area contributed by atoms with Crippen LogP contribution < -0.4 is 10.6 Å². The molecule has 0 aliphatic carbocycles. The minimum absolute atomic E-state index is 0.134. The maximum Gasteiger partial charge on any atom is 0.221 e. The summed E-state index contributed by atoms with van der Waals surface area (Å²) in [6.45, 7) is 1.57. The molecule has 2 N–H and O–H groups in total. The van der Waals surface area contributed by atoms with E-state index in [0.29, 0.717) is 12.2 Å². The molecule has 6 heteroatoms. The van der Waals surface area contributed by atoms with Gasteiger partial charge in [-0.15, -0.1) is 0 Å². The number of hydrogen-bond donors (Lipinski definition) is 2. The fraction of sp³-hybridized carbons (Fsp3) is 0.700. The minimum Gasteiger partial charge on any atom is -0.356 e. The Kier molecular flexibility index (Phi) is 3.87.